The number of nitrogens with one attached hydrogen (secondary N) is 1. The minimum absolute atomic E-state index is 0.241. The third kappa shape index (κ3) is 3.22. The maximum atomic E-state index is 13.1. The van der Waals surface area contributed by atoms with Crippen molar-refractivity contribution in [3.05, 3.63) is 47.8 Å². The first kappa shape index (κ1) is 14.6. The molecule has 110 valence electrons. The molecule has 0 aliphatic heterocycles. The van der Waals surface area contributed by atoms with Crippen LogP contribution in [0, 0.1) is 5.82 Å². The number of amides is 1. The van der Waals surface area contributed by atoms with Crippen LogP contribution in [0.5, 0.6) is 11.5 Å². The summed E-state index contributed by atoms with van der Waals surface area (Å²) in [4.78, 5) is 12.2. The Morgan fingerprint density at radius 3 is 2.48 bits per heavy atom. The Kier molecular flexibility index (Phi) is 4.27. The molecule has 0 aliphatic rings. The molecule has 21 heavy (non-hydrogen) atoms. The number of hydrogen-bond acceptors (Lipinski definition) is 4. The molecule has 6 heteroatoms. The Bertz CT molecular complexity index is 674. The first-order chi connectivity index (χ1) is 10.0. The smallest absolute Gasteiger partial charge is 0.255 e. The molecule has 0 saturated carbocycles. The van der Waals surface area contributed by atoms with E-state index in [0.717, 1.165) is 0 Å². The summed E-state index contributed by atoms with van der Waals surface area (Å²) in [5.74, 6) is -0.170. The van der Waals surface area contributed by atoms with Gasteiger partial charge in [0, 0.05) is 11.6 Å². The van der Waals surface area contributed by atoms with Crippen molar-refractivity contribution in [2.45, 2.75) is 0 Å². The van der Waals surface area contributed by atoms with Crippen molar-refractivity contribution < 1.29 is 18.7 Å². The predicted octanol–water partition coefficient (Wildman–Crippen LogP) is 2.68. The Balaban J connectivity index is 2.26. The van der Waals surface area contributed by atoms with Gasteiger partial charge in [-0.2, -0.15) is 0 Å². The molecule has 2 rings (SSSR count). The van der Waals surface area contributed by atoms with Gasteiger partial charge in [0.25, 0.3) is 5.91 Å². The highest BCUT2D eigenvalue weighted by Crippen LogP contribution is 2.27. The summed E-state index contributed by atoms with van der Waals surface area (Å²) in [6.45, 7) is 0. The lowest BCUT2D eigenvalue weighted by molar-refractivity contribution is 0.102. The van der Waals surface area contributed by atoms with E-state index in [4.69, 9.17) is 15.2 Å². The van der Waals surface area contributed by atoms with E-state index < -0.39 is 5.82 Å². The first-order valence-electron chi connectivity index (χ1n) is 6.13. The van der Waals surface area contributed by atoms with Crippen molar-refractivity contribution >= 4 is 17.3 Å². The van der Waals surface area contributed by atoms with Crippen LogP contribution in [0.1, 0.15) is 10.4 Å². The van der Waals surface area contributed by atoms with Gasteiger partial charge in [0.05, 0.1) is 25.6 Å². The number of carbonyl (C=O) groups is 1. The van der Waals surface area contributed by atoms with Gasteiger partial charge in [0.15, 0.2) is 0 Å². The van der Waals surface area contributed by atoms with Gasteiger partial charge in [-0.05, 0) is 30.3 Å². The van der Waals surface area contributed by atoms with E-state index in [0.29, 0.717) is 22.7 Å². The number of nitrogen functional groups attached to an aromatic ring is 1. The van der Waals surface area contributed by atoms with E-state index in [1.165, 1.54) is 38.5 Å². The largest absolute Gasteiger partial charge is 0.495 e. The fourth-order valence-electron chi connectivity index (χ4n) is 1.82. The minimum Gasteiger partial charge on any atom is -0.495 e. The van der Waals surface area contributed by atoms with Crippen molar-refractivity contribution in [1.29, 1.82) is 0 Å². The van der Waals surface area contributed by atoms with Crippen LogP contribution in [0.3, 0.4) is 0 Å². The van der Waals surface area contributed by atoms with Crippen LogP contribution in [-0.2, 0) is 0 Å². The average molecular weight is 290 g/mol. The zero-order valence-corrected chi connectivity index (χ0v) is 11.6. The highest BCUT2D eigenvalue weighted by atomic mass is 19.1. The van der Waals surface area contributed by atoms with Crippen LogP contribution in [0.2, 0.25) is 0 Å². The van der Waals surface area contributed by atoms with E-state index >= 15 is 0 Å². The molecule has 0 unspecified atom stereocenters. The van der Waals surface area contributed by atoms with Crippen molar-refractivity contribution in [2.24, 2.45) is 0 Å². The van der Waals surface area contributed by atoms with Crippen LogP contribution in [0.4, 0.5) is 15.8 Å². The molecular weight excluding hydrogens is 275 g/mol. The van der Waals surface area contributed by atoms with E-state index in [9.17, 15) is 9.18 Å². The average Bonchev–Trinajstić information content (AvgIpc) is 2.49. The molecule has 0 aliphatic carbocycles. The van der Waals surface area contributed by atoms with Crippen LogP contribution in [-0.4, -0.2) is 20.1 Å². The highest BCUT2D eigenvalue weighted by molar-refractivity contribution is 6.05. The number of anilines is 2. The second-order valence-electron chi connectivity index (χ2n) is 4.26. The molecule has 1 amide bonds. The van der Waals surface area contributed by atoms with E-state index in [2.05, 4.69) is 5.32 Å². The molecule has 0 fully saturated rings. The second kappa shape index (κ2) is 6.13. The van der Waals surface area contributed by atoms with Crippen molar-refractivity contribution in [2.75, 3.05) is 25.3 Å². The molecule has 0 atom stereocenters. The summed E-state index contributed by atoms with van der Waals surface area (Å²) in [6, 6.07) is 8.54. The molecule has 5 nitrogen and oxygen atoms in total. The van der Waals surface area contributed by atoms with Crippen molar-refractivity contribution in [3.8, 4) is 11.5 Å². The fraction of sp³-hybridized carbons (Fsp3) is 0.133. The normalized spacial score (nSPS) is 10.0. The third-order valence-corrected chi connectivity index (χ3v) is 2.91. The second-order valence-corrected chi connectivity index (χ2v) is 4.26. The molecule has 0 heterocycles. The first-order valence-corrected chi connectivity index (χ1v) is 6.13. The number of benzene rings is 2. The molecule has 0 saturated heterocycles. The Morgan fingerprint density at radius 2 is 1.81 bits per heavy atom. The Morgan fingerprint density at radius 1 is 1.10 bits per heavy atom. The highest BCUT2D eigenvalue weighted by Gasteiger charge is 2.12. The zero-order chi connectivity index (χ0) is 15.4. The molecule has 0 spiro atoms. The summed E-state index contributed by atoms with van der Waals surface area (Å²) in [7, 11) is 2.87. The lowest BCUT2D eigenvalue weighted by Gasteiger charge is -2.11. The van der Waals surface area contributed by atoms with Crippen molar-refractivity contribution in [3.63, 3.8) is 0 Å². The van der Waals surface area contributed by atoms with Gasteiger partial charge in [0.2, 0.25) is 0 Å². The predicted molar refractivity (Wildman–Crippen MR) is 78.3 cm³/mol. The molecule has 0 bridgehead atoms. The van der Waals surface area contributed by atoms with Gasteiger partial charge in [-0.3, -0.25) is 4.79 Å². The lowest BCUT2D eigenvalue weighted by atomic mass is 10.1. The molecule has 2 aromatic rings. The van der Waals surface area contributed by atoms with Crippen LogP contribution < -0.4 is 20.5 Å². The van der Waals surface area contributed by atoms with E-state index in [1.54, 1.807) is 12.1 Å². The third-order valence-electron chi connectivity index (χ3n) is 2.91. The van der Waals surface area contributed by atoms with Crippen LogP contribution in [0.15, 0.2) is 36.4 Å². The maximum Gasteiger partial charge on any atom is 0.255 e. The topological polar surface area (TPSA) is 73.6 Å². The summed E-state index contributed by atoms with van der Waals surface area (Å²) in [5, 5.41) is 2.65. The van der Waals surface area contributed by atoms with Gasteiger partial charge in [-0.25, -0.2) is 4.39 Å². The van der Waals surface area contributed by atoms with Gasteiger partial charge in [-0.1, -0.05) is 0 Å². The molecule has 3 N–H and O–H groups in total. The SMILES string of the molecule is COc1cc(C(=O)Nc2ccc(F)cc2OC)ccc1N. The van der Waals surface area contributed by atoms with Crippen molar-refractivity contribution in [1.82, 2.24) is 0 Å². The number of rotatable bonds is 4. The maximum absolute atomic E-state index is 13.1. The summed E-state index contributed by atoms with van der Waals surface area (Å²) in [5.41, 5.74) is 6.88. The Hall–Kier alpha value is -2.76. The number of halogens is 1. The molecular formula is C15H15FN2O3. The van der Waals surface area contributed by atoms with Gasteiger partial charge < -0.3 is 20.5 Å². The number of ether oxygens (including phenoxy) is 2. The van der Waals surface area contributed by atoms with Crippen LogP contribution >= 0.6 is 0 Å². The van der Waals surface area contributed by atoms with Gasteiger partial charge in [0.1, 0.15) is 17.3 Å². The summed E-state index contributed by atoms with van der Waals surface area (Å²) in [6.07, 6.45) is 0. The van der Waals surface area contributed by atoms with E-state index in [-0.39, 0.29) is 11.7 Å². The monoisotopic (exact) mass is 290 g/mol. The number of methoxy groups -OCH3 is 2. The van der Waals surface area contributed by atoms with Crippen LogP contribution in [0.25, 0.3) is 0 Å². The Labute approximate surface area is 121 Å². The molecule has 2 aromatic carbocycles. The quantitative estimate of drug-likeness (QED) is 0.849. The molecule has 0 aromatic heterocycles. The number of carbonyl (C=O) groups excluding carboxylic acids is 1. The van der Waals surface area contributed by atoms with Gasteiger partial charge in [-0.15, -0.1) is 0 Å². The number of nitrogens with two attached hydrogens (primary N) is 1. The fourth-order valence-corrected chi connectivity index (χ4v) is 1.82. The summed E-state index contributed by atoms with van der Waals surface area (Å²) >= 11 is 0. The number of hydrogen-bond donors (Lipinski definition) is 2. The summed E-state index contributed by atoms with van der Waals surface area (Å²) < 4.78 is 23.2. The van der Waals surface area contributed by atoms with E-state index in [1.807, 2.05) is 0 Å². The molecule has 0 radical (unpaired) electrons. The standard InChI is InChI=1S/C15H15FN2O3/c1-20-13-7-9(3-5-11(13)17)15(19)18-12-6-4-10(16)8-14(12)21-2/h3-8H,17H2,1-2H3,(H,18,19). The zero-order valence-electron chi connectivity index (χ0n) is 11.6. The minimum atomic E-state index is -0.445. The van der Waals surface area contributed by atoms with Gasteiger partial charge >= 0.3 is 0 Å². The lowest BCUT2D eigenvalue weighted by Crippen LogP contribution is -2.13.